The van der Waals surface area contributed by atoms with Gasteiger partial charge in [-0.1, -0.05) is 11.8 Å². The zero-order valence-corrected chi connectivity index (χ0v) is 11.7. The standard InChI is InChI=1S/C16H18FNO3/c17-15-11-13(5-4-12(15)3-1-2-9-19)16(21)18(8-10-20)14-6-7-14/h4-5,11,14,19-20H,2,6-10H2. The number of rotatable bonds is 5. The summed E-state index contributed by atoms with van der Waals surface area (Å²) in [5.41, 5.74) is 0.473. The van der Waals surface area contributed by atoms with Crippen molar-refractivity contribution in [2.24, 2.45) is 0 Å². The van der Waals surface area contributed by atoms with E-state index in [0.717, 1.165) is 12.8 Å². The summed E-state index contributed by atoms with van der Waals surface area (Å²) >= 11 is 0. The van der Waals surface area contributed by atoms with Crippen LogP contribution in [0.1, 0.15) is 35.2 Å². The number of amides is 1. The van der Waals surface area contributed by atoms with E-state index in [4.69, 9.17) is 10.2 Å². The molecule has 1 aliphatic carbocycles. The first-order chi connectivity index (χ1) is 10.2. The summed E-state index contributed by atoms with van der Waals surface area (Å²) in [4.78, 5) is 13.9. The van der Waals surface area contributed by atoms with Crippen LogP contribution in [0.4, 0.5) is 4.39 Å². The van der Waals surface area contributed by atoms with Gasteiger partial charge >= 0.3 is 0 Å². The lowest BCUT2D eigenvalue weighted by molar-refractivity contribution is 0.0707. The fraction of sp³-hybridized carbons (Fsp3) is 0.438. The third-order valence-electron chi connectivity index (χ3n) is 3.27. The zero-order valence-electron chi connectivity index (χ0n) is 11.7. The second-order valence-electron chi connectivity index (χ2n) is 4.92. The second-order valence-corrected chi connectivity index (χ2v) is 4.92. The number of carbonyl (C=O) groups is 1. The summed E-state index contributed by atoms with van der Waals surface area (Å²) in [6, 6.07) is 4.35. The van der Waals surface area contributed by atoms with E-state index in [1.165, 1.54) is 12.1 Å². The molecule has 0 radical (unpaired) electrons. The molecular weight excluding hydrogens is 273 g/mol. The van der Waals surface area contributed by atoms with Crippen molar-refractivity contribution in [3.63, 3.8) is 0 Å². The summed E-state index contributed by atoms with van der Waals surface area (Å²) in [7, 11) is 0. The summed E-state index contributed by atoms with van der Waals surface area (Å²) < 4.78 is 13.9. The average molecular weight is 291 g/mol. The third-order valence-corrected chi connectivity index (χ3v) is 3.27. The van der Waals surface area contributed by atoms with E-state index in [-0.39, 0.29) is 49.3 Å². The number of halogens is 1. The van der Waals surface area contributed by atoms with Crippen LogP contribution in [0.15, 0.2) is 18.2 Å². The Morgan fingerprint density at radius 1 is 1.33 bits per heavy atom. The Bertz CT molecular complexity index is 573. The molecule has 0 bridgehead atoms. The van der Waals surface area contributed by atoms with Crippen LogP contribution in [0.5, 0.6) is 0 Å². The van der Waals surface area contributed by atoms with Crippen LogP contribution in [0.25, 0.3) is 0 Å². The molecule has 0 unspecified atom stereocenters. The molecule has 1 aromatic rings. The smallest absolute Gasteiger partial charge is 0.254 e. The molecule has 1 saturated carbocycles. The van der Waals surface area contributed by atoms with Gasteiger partial charge in [-0.25, -0.2) is 4.39 Å². The number of hydrogen-bond donors (Lipinski definition) is 2. The Morgan fingerprint density at radius 3 is 2.67 bits per heavy atom. The normalized spacial score (nSPS) is 13.5. The third kappa shape index (κ3) is 4.03. The maximum absolute atomic E-state index is 13.9. The molecule has 4 nitrogen and oxygen atoms in total. The van der Waals surface area contributed by atoms with E-state index in [1.807, 2.05) is 0 Å². The van der Waals surface area contributed by atoms with Crippen molar-refractivity contribution in [2.45, 2.75) is 25.3 Å². The van der Waals surface area contributed by atoms with Crippen molar-refractivity contribution in [3.05, 3.63) is 35.1 Å². The van der Waals surface area contributed by atoms with Crippen LogP contribution in [0.3, 0.4) is 0 Å². The Kier molecular flexibility index (Phi) is 5.32. The first kappa shape index (κ1) is 15.5. The van der Waals surface area contributed by atoms with E-state index in [9.17, 15) is 9.18 Å². The minimum absolute atomic E-state index is 0.0668. The Morgan fingerprint density at radius 2 is 2.10 bits per heavy atom. The van der Waals surface area contributed by atoms with Crippen LogP contribution < -0.4 is 0 Å². The first-order valence-electron chi connectivity index (χ1n) is 6.98. The number of aliphatic hydroxyl groups is 2. The number of benzene rings is 1. The second kappa shape index (κ2) is 7.21. The van der Waals surface area contributed by atoms with Crippen molar-refractivity contribution >= 4 is 5.91 Å². The fourth-order valence-corrected chi connectivity index (χ4v) is 2.07. The Labute approximate surface area is 123 Å². The molecule has 112 valence electrons. The van der Waals surface area contributed by atoms with E-state index in [0.29, 0.717) is 0 Å². The van der Waals surface area contributed by atoms with Gasteiger partial charge in [-0.05, 0) is 31.0 Å². The summed E-state index contributed by atoms with van der Waals surface area (Å²) in [6.07, 6.45) is 2.14. The van der Waals surface area contributed by atoms with Gasteiger partial charge in [0.15, 0.2) is 0 Å². The van der Waals surface area contributed by atoms with Crippen molar-refractivity contribution in [2.75, 3.05) is 19.8 Å². The summed E-state index contributed by atoms with van der Waals surface area (Å²) in [5, 5.41) is 17.7. The van der Waals surface area contributed by atoms with E-state index in [1.54, 1.807) is 11.0 Å². The molecule has 1 fully saturated rings. The molecule has 0 aliphatic heterocycles. The van der Waals surface area contributed by atoms with Gasteiger partial charge in [-0.15, -0.1) is 0 Å². The molecular formula is C16H18FNO3. The summed E-state index contributed by atoms with van der Waals surface area (Å²) in [6.45, 7) is 0.0985. The largest absolute Gasteiger partial charge is 0.395 e. The van der Waals surface area contributed by atoms with Gasteiger partial charge in [-0.3, -0.25) is 4.79 Å². The van der Waals surface area contributed by atoms with E-state index < -0.39 is 5.82 Å². The molecule has 1 aromatic carbocycles. The van der Waals surface area contributed by atoms with E-state index in [2.05, 4.69) is 11.8 Å². The lowest BCUT2D eigenvalue weighted by Crippen LogP contribution is -2.35. The van der Waals surface area contributed by atoms with Gasteiger partial charge in [0, 0.05) is 24.6 Å². The van der Waals surface area contributed by atoms with Crippen molar-refractivity contribution in [3.8, 4) is 11.8 Å². The molecule has 0 aromatic heterocycles. The maximum atomic E-state index is 13.9. The highest BCUT2D eigenvalue weighted by atomic mass is 19.1. The van der Waals surface area contributed by atoms with Gasteiger partial charge in [0.2, 0.25) is 0 Å². The topological polar surface area (TPSA) is 60.8 Å². The molecule has 1 amide bonds. The van der Waals surface area contributed by atoms with E-state index >= 15 is 0 Å². The van der Waals surface area contributed by atoms with Gasteiger partial charge in [0.25, 0.3) is 5.91 Å². The van der Waals surface area contributed by atoms with Crippen molar-refractivity contribution < 1.29 is 19.4 Å². The molecule has 0 spiro atoms. The fourth-order valence-electron chi connectivity index (χ4n) is 2.07. The van der Waals surface area contributed by atoms with Crippen LogP contribution >= 0.6 is 0 Å². The molecule has 0 heterocycles. The monoisotopic (exact) mass is 291 g/mol. The molecule has 0 atom stereocenters. The molecule has 2 N–H and O–H groups in total. The minimum atomic E-state index is -0.550. The Balaban J connectivity index is 2.15. The van der Waals surface area contributed by atoms with Crippen LogP contribution in [0.2, 0.25) is 0 Å². The van der Waals surface area contributed by atoms with Crippen molar-refractivity contribution in [1.82, 2.24) is 4.90 Å². The van der Waals surface area contributed by atoms with Crippen LogP contribution in [-0.4, -0.2) is 46.8 Å². The van der Waals surface area contributed by atoms with Gasteiger partial charge in [0.1, 0.15) is 5.82 Å². The Hall–Kier alpha value is -1.90. The highest BCUT2D eigenvalue weighted by Gasteiger charge is 2.32. The maximum Gasteiger partial charge on any atom is 0.254 e. The molecule has 1 aliphatic rings. The highest BCUT2D eigenvalue weighted by molar-refractivity contribution is 5.94. The summed E-state index contributed by atoms with van der Waals surface area (Å²) in [5.74, 6) is 4.45. The average Bonchev–Trinajstić information content (AvgIpc) is 3.30. The number of nitrogens with zero attached hydrogens (tertiary/aromatic N) is 1. The predicted octanol–water partition coefficient (Wildman–Crippen LogP) is 1.16. The zero-order chi connectivity index (χ0) is 15.2. The first-order valence-corrected chi connectivity index (χ1v) is 6.98. The minimum Gasteiger partial charge on any atom is -0.395 e. The van der Waals surface area contributed by atoms with Crippen molar-refractivity contribution in [1.29, 1.82) is 0 Å². The number of hydrogen-bond acceptors (Lipinski definition) is 3. The van der Waals surface area contributed by atoms with Gasteiger partial charge in [-0.2, -0.15) is 0 Å². The molecule has 2 rings (SSSR count). The highest BCUT2D eigenvalue weighted by Crippen LogP contribution is 2.28. The SMILES string of the molecule is O=C(c1ccc(C#CCCO)c(F)c1)N(CCO)C1CC1. The molecule has 21 heavy (non-hydrogen) atoms. The quantitative estimate of drug-likeness (QED) is 0.800. The lowest BCUT2D eigenvalue weighted by Gasteiger charge is -2.21. The molecule has 0 saturated heterocycles. The number of carbonyl (C=O) groups excluding carboxylic acids is 1. The van der Waals surface area contributed by atoms with Gasteiger partial charge in [0.05, 0.1) is 18.8 Å². The lowest BCUT2D eigenvalue weighted by atomic mass is 10.1. The molecule has 5 heteroatoms. The number of aliphatic hydroxyl groups excluding tert-OH is 2. The predicted molar refractivity (Wildman–Crippen MR) is 76.1 cm³/mol. The van der Waals surface area contributed by atoms with Gasteiger partial charge < -0.3 is 15.1 Å². The van der Waals surface area contributed by atoms with Crippen LogP contribution in [0, 0.1) is 17.7 Å². The van der Waals surface area contributed by atoms with Crippen LogP contribution in [-0.2, 0) is 0 Å².